The highest BCUT2D eigenvalue weighted by Crippen LogP contribution is 2.65. The molecule has 2 heteroatoms. The Balaban J connectivity index is 1.55. The van der Waals surface area contributed by atoms with E-state index in [2.05, 4.69) is 120 Å². The van der Waals surface area contributed by atoms with Crippen molar-refractivity contribution in [2.45, 2.75) is 213 Å². The highest BCUT2D eigenvalue weighted by molar-refractivity contribution is 9.10. The molecular formula is C57H78Br2. The zero-order chi connectivity index (χ0) is 41.5. The lowest BCUT2D eigenvalue weighted by Crippen LogP contribution is -2.29. The van der Waals surface area contributed by atoms with Gasteiger partial charge in [0.25, 0.3) is 0 Å². The van der Waals surface area contributed by atoms with Crippen LogP contribution in [0.3, 0.4) is 0 Å². The Kier molecular flexibility index (Phi) is 18.8. The minimum atomic E-state index is -0.327. The summed E-state index contributed by atoms with van der Waals surface area (Å²) < 4.78 is 2.39. The van der Waals surface area contributed by atoms with Crippen molar-refractivity contribution in [3.63, 3.8) is 0 Å². The molecule has 2 aliphatic rings. The van der Waals surface area contributed by atoms with Gasteiger partial charge in [0.05, 0.1) is 5.41 Å². The van der Waals surface area contributed by atoms with E-state index in [4.69, 9.17) is 0 Å². The molecule has 0 nitrogen and oxygen atoms in total. The Bertz CT molecular complexity index is 1780. The van der Waals surface area contributed by atoms with Crippen molar-refractivity contribution in [1.82, 2.24) is 0 Å². The second kappa shape index (κ2) is 23.9. The molecule has 0 atom stereocenters. The summed E-state index contributed by atoms with van der Waals surface area (Å²) in [6, 6.07) is 24.9. The molecule has 6 rings (SSSR count). The number of benzene rings is 4. The minimum absolute atomic E-state index is 0.327. The summed E-state index contributed by atoms with van der Waals surface area (Å²) >= 11 is 8.11. The third kappa shape index (κ3) is 10.9. The van der Waals surface area contributed by atoms with Crippen molar-refractivity contribution in [2.24, 2.45) is 0 Å². The largest absolute Gasteiger partial charge is 0.0731 e. The fraction of sp³-hybridized carbons (Fsp3) is 0.579. The molecule has 1 spiro atoms. The Labute approximate surface area is 378 Å². The predicted molar refractivity (Wildman–Crippen MR) is 266 cm³/mol. The standard InChI is InChI=1S/C57H78Br2/c1-5-9-13-17-21-25-29-43-33-37-51-52-38-34-44(30-26-22-18-14-10-6-2)48(32-28-24-20-16-12-8-4)56(52)57(55(51)47(43)31-27-23-19-15-11-7-3)53-41-45(58)35-39-49(53)50-40-36-46(59)42-54(50)57/h33-42H,5-32H2,1-4H3. The minimum Gasteiger partial charge on any atom is -0.0654 e. The lowest BCUT2D eigenvalue weighted by atomic mass is 9.66. The predicted octanol–water partition coefficient (Wildman–Crippen LogP) is 19.2. The highest BCUT2D eigenvalue weighted by atomic mass is 79.9. The van der Waals surface area contributed by atoms with E-state index in [1.807, 2.05) is 0 Å². The van der Waals surface area contributed by atoms with Crippen LogP contribution < -0.4 is 0 Å². The topological polar surface area (TPSA) is 0 Å². The summed E-state index contributed by atoms with van der Waals surface area (Å²) in [7, 11) is 0. The normalized spacial score (nSPS) is 13.3. The first kappa shape index (κ1) is 46.3. The molecule has 0 heterocycles. The SMILES string of the molecule is CCCCCCCCc1ccc2c(c1CCCCCCCC)C1(c3cc(Br)ccc3-c3ccc(Br)cc31)c1c-2ccc(CCCCCCCC)c1CCCCCCCC. The second-order valence-corrected chi connectivity index (χ2v) is 20.3. The third-order valence-corrected chi connectivity index (χ3v) is 15.1. The maximum Gasteiger partial charge on any atom is 0.0731 e. The van der Waals surface area contributed by atoms with Gasteiger partial charge in [0.1, 0.15) is 0 Å². The molecule has 0 saturated heterocycles. The molecule has 0 bridgehead atoms. The number of hydrogen-bond acceptors (Lipinski definition) is 0. The van der Waals surface area contributed by atoms with Gasteiger partial charge in [-0.2, -0.15) is 0 Å². The van der Waals surface area contributed by atoms with Crippen LogP contribution in [0.4, 0.5) is 0 Å². The molecule has 0 aliphatic heterocycles. The Morgan fingerprint density at radius 3 is 1.00 bits per heavy atom. The van der Waals surface area contributed by atoms with E-state index < -0.39 is 0 Å². The van der Waals surface area contributed by atoms with Gasteiger partial charge in [0, 0.05) is 8.95 Å². The van der Waals surface area contributed by atoms with Gasteiger partial charge in [-0.1, -0.05) is 224 Å². The molecule has 4 aromatic rings. The van der Waals surface area contributed by atoms with E-state index in [0.29, 0.717) is 0 Å². The van der Waals surface area contributed by atoms with Crippen LogP contribution >= 0.6 is 31.9 Å². The van der Waals surface area contributed by atoms with Crippen molar-refractivity contribution in [3.8, 4) is 22.3 Å². The average molecular weight is 923 g/mol. The zero-order valence-corrected chi connectivity index (χ0v) is 41.0. The first-order chi connectivity index (χ1) is 29.0. The van der Waals surface area contributed by atoms with Crippen molar-refractivity contribution in [1.29, 1.82) is 0 Å². The fourth-order valence-corrected chi connectivity index (χ4v) is 11.7. The van der Waals surface area contributed by atoms with Crippen molar-refractivity contribution >= 4 is 31.9 Å². The molecule has 0 fully saturated rings. The zero-order valence-electron chi connectivity index (χ0n) is 37.8. The number of aryl methyl sites for hydroxylation is 2. The maximum atomic E-state index is 4.05. The van der Waals surface area contributed by atoms with Crippen LogP contribution in [-0.2, 0) is 31.1 Å². The summed E-state index contributed by atoms with van der Waals surface area (Å²) in [5.74, 6) is 0. The van der Waals surface area contributed by atoms with Crippen molar-refractivity contribution in [2.75, 3.05) is 0 Å². The molecule has 0 radical (unpaired) electrons. The summed E-state index contributed by atoms with van der Waals surface area (Å²) in [4.78, 5) is 0. The molecule has 0 aromatic heterocycles. The number of halogens is 2. The fourth-order valence-electron chi connectivity index (χ4n) is 11.0. The summed E-state index contributed by atoms with van der Waals surface area (Å²) in [6.07, 6.45) is 36.9. The van der Waals surface area contributed by atoms with Crippen LogP contribution in [0.5, 0.6) is 0 Å². The van der Waals surface area contributed by atoms with E-state index in [9.17, 15) is 0 Å². The van der Waals surface area contributed by atoms with Gasteiger partial charge in [-0.3, -0.25) is 0 Å². The Morgan fingerprint density at radius 2 is 0.644 bits per heavy atom. The van der Waals surface area contributed by atoms with E-state index in [-0.39, 0.29) is 5.41 Å². The molecule has 59 heavy (non-hydrogen) atoms. The van der Waals surface area contributed by atoms with Crippen LogP contribution in [0.25, 0.3) is 22.3 Å². The lowest BCUT2D eigenvalue weighted by Gasteiger charge is -2.35. The van der Waals surface area contributed by atoms with Crippen LogP contribution in [0.15, 0.2) is 69.6 Å². The quantitative estimate of drug-likeness (QED) is 0.0430. The van der Waals surface area contributed by atoms with Crippen LogP contribution in [-0.4, -0.2) is 0 Å². The van der Waals surface area contributed by atoms with Crippen LogP contribution in [0.2, 0.25) is 0 Å². The van der Waals surface area contributed by atoms with Gasteiger partial charge in [-0.05, 0) is 142 Å². The van der Waals surface area contributed by atoms with Gasteiger partial charge in [-0.25, -0.2) is 0 Å². The smallest absolute Gasteiger partial charge is 0.0654 e. The molecule has 0 unspecified atom stereocenters. The van der Waals surface area contributed by atoms with E-state index in [1.165, 1.54) is 222 Å². The highest BCUT2D eigenvalue weighted by Gasteiger charge is 2.54. The number of hydrogen-bond donors (Lipinski definition) is 0. The number of unbranched alkanes of at least 4 members (excludes halogenated alkanes) is 20. The third-order valence-electron chi connectivity index (χ3n) is 14.1. The Morgan fingerprint density at radius 1 is 0.339 bits per heavy atom. The van der Waals surface area contributed by atoms with Crippen LogP contribution in [0.1, 0.15) is 226 Å². The summed E-state index contributed by atoms with van der Waals surface area (Å²) in [5.41, 5.74) is 18.5. The second-order valence-electron chi connectivity index (χ2n) is 18.5. The Hall–Kier alpha value is -2.16. The van der Waals surface area contributed by atoms with Gasteiger partial charge in [0.15, 0.2) is 0 Å². The first-order valence-electron chi connectivity index (χ1n) is 24.9. The van der Waals surface area contributed by atoms with Crippen molar-refractivity contribution < 1.29 is 0 Å². The number of fused-ring (bicyclic) bond motifs is 10. The van der Waals surface area contributed by atoms with Gasteiger partial charge in [0.2, 0.25) is 0 Å². The van der Waals surface area contributed by atoms with Gasteiger partial charge >= 0.3 is 0 Å². The summed E-state index contributed by atoms with van der Waals surface area (Å²) in [6.45, 7) is 9.35. The molecule has 0 amide bonds. The number of rotatable bonds is 28. The van der Waals surface area contributed by atoms with E-state index >= 15 is 0 Å². The molecule has 0 N–H and O–H groups in total. The van der Waals surface area contributed by atoms with Crippen molar-refractivity contribution in [3.05, 3.63) is 114 Å². The molecular weight excluding hydrogens is 844 g/mol. The molecule has 2 aliphatic carbocycles. The van der Waals surface area contributed by atoms with Crippen LogP contribution in [0, 0.1) is 0 Å². The molecule has 0 saturated carbocycles. The molecule has 320 valence electrons. The van der Waals surface area contributed by atoms with E-state index in [1.54, 1.807) is 33.4 Å². The monoisotopic (exact) mass is 920 g/mol. The maximum absolute atomic E-state index is 4.05. The van der Waals surface area contributed by atoms with Gasteiger partial charge < -0.3 is 0 Å². The average Bonchev–Trinajstić information content (AvgIpc) is 3.69. The first-order valence-corrected chi connectivity index (χ1v) is 26.5. The lowest BCUT2D eigenvalue weighted by molar-refractivity contribution is 0.593. The summed E-state index contributed by atoms with van der Waals surface area (Å²) in [5, 5.41) is 0. The van der Waals surface area contributed by atoms with E-state index in [0.717, 1.165) is 0 Å². The molecule has 4 aromatic carbocycles. The van der Waals surface area contributed by atoms with Gasteiger partial charge in [-0.15, -0.1) is 0 Å².